The molecule has 0 radical (unpaired) electrons. The molecule has 3 nitrogen and oxygen atoms in total. The summed E-state index contributed by atoms with van der Waals surface area (Å²) in [5, 5.41) is 0.567. The van der Waals surface area contributed by atoms with Gasteiger partial charge in [-0.15, -0.1) is 0 Å². The lowest BCUT2D eigenvalue weighted by Gasteiger charge is -2.08. The number of benzene rings is 1. The Hall–Kier alpha value is -1.06. The second-order valence-electron chi connectivity index (χ2n) is 3.15. The molecule has 0 bridgehead atoms. The van der Waals surface area contributed by atoms with Gasteiger partial charge in [0.25, 0.3) is 5.56 Å². The van der Waals surface area contributed by atoms with Crippen LogP contribution in [0.1, 0.15) is 10.7 Å². The lowest BCUT2D eigenvalue weighted by Crippen LogP contribution is -2.22. The van der Waals surface area contributed by atoms with E-state index in [0.717, 1.165) is 0 Å². The fourth-order valence-electron chi connectivity index (χ4n) is 1.43. The molecule has 2 aromatic rings. The van der Waals surface area contributed by atoms with Crippen LogP contribution in [0.3, 0.4) is 0 Å². The number of nitrogens with zero attached hydrogens (tertiary/aromatic N) is 2. The minimum Gasteiger partial charge on any atom is -0.297 e. The molecular weight excluding hydrogens is 235 g/mol. The maximum atomic E-state index is 11.9. The quantitative estimate of drug-likeness (QED) is 0.721. The predicted octanol–water partition coefficient (Wildman–Crippen LogP) is 2.41. The average Bonchev–Trinajstić information content (AvgIpc) is 2.23. The molecule has 1 heterocycles. The van der Waals surface area contributed by atoms with E-state index in [-0.39, 0.29) is 5.56 Å². The van der Waals surface area contributed by atoms with Crippen LogP contribution in [0.4, 0.5) is 0 Å². The number of halogens is 2. The first kappa shape index (κ1) is 10.5. The minimum absolute atomic E-state index is 0.137. The summed E-state index contributed by atoms with van der Waals surface area (Å²) in [5.74, 6) is 0.363. The van der Waals surface area contributed by atoms with Gasteiger partial charge in [-0.3, -0.25) is 9.36 Å². The molecule has 0 saturated carbocycles. The van der Waals surface area contributed by atoms with Gasteiger partial charge in [-0.25, -0.2) is 4.98 Å². The lowest BCUT2D eigenvalue weighted by atomic mass is 10.2. The number of fused-ring (bicyclic) bond motifs is 1. The largest absolute Gasteiger partial charge is 0.297 e. The van der Waals surface area contributed by atoms with E-state index in [4.69, 9.17) is 23.2 Å². The Labute approximate surface area is 96.3 Å². The van der Waals surface area contributed by atoms with Gasteiger partial charge in [0.05, 0.1) is 10.9 Å². The Morgan fingerprint density at radius 3 is 2.67 bits per heavy atom. The molecule has 15 heavy (non-hydrogen) atoms. The summed E-state index contributed by atoms with van der Waals surface area (Å²) in [7, 11) is 1.61. The molecule has 0 spiro atoms. The number of rotatable bonds is 1. The van der Waals surface area contributed by atoms with E-state index in [1.165, 1.54) is 4.57 Å². The van der Waals surface area contributed by atoms with Crippen molar-refractivity contribution in [1.82, 2.24) is 9.55 Å². The molecule has 1 aromatic carbocycles. The fourth-order valence-corrected chi connectivity index (χ4v) is 1.82. The molecule has 0 saturated heterocycles. The number of aromatic nitrogens is 2. The van der Waals surface area contributed by atoms with Crippen LogP contribution in [0.15, 0.2) is 29.1 Å². The van der Waals surface area contributed by atoms with E-state index in [2.05, 4.69) is 4.98 Å². The van der Waals surface area contributed by atoms with Gasteiger partial charge < -0.3 is 0 Å². The van der Waals surface area contributed by atoms with Gasteiger partial charge in [0.2, 0.25) is 0 Å². The Morgan fingerprint density at radius 2 is 2.00 bits per heavy atom. The topological polar surface area (TPSA) is 34.9 Å². The van der Waals surface area contributed by atoms with Crippen molar-refractivity contribution in [2.75, 3.05) is 0 Å². The highest BCUT2D eigenvalue weighted by atomic mass is 35.5. The zero-order chi connectivity index (χ0) is 11.0. The number of para-hydroxylation sites is 1. The first-order valence-corrected chi connectivity index (χ1v) is 5.22. The molecule has 0 aliphatic rings. The van der Waals surface area contributed by atoms with Crippen LogP contribution in [0.2, 0.25) is 0 Å². The molecule has 0 amide bonds. The Balaban J connectivity index is 2.89. The second kappa shape index (κ2) is 3.83. The third kappa shape index (κ3) is 1.73. The van der Waals surface area contributed by atoms with Crippen molar-refractivity contribution in [2.45, 2.75) is 4.84 Å². The van der Waals surface area contributed by atoms with E-state index in [0.29, 0.717) is 16.7 Å². The summed E-state index contributed by atoms with van der Waals surface area (Å²) in [5.41, 5.74) is 0.476. The van der Waals surface area contributed by atoms with E-state index in [1.54, 1.807) is 25.2 Å². The Bertz CT molecular complexity index is 563. The smallest absolute Gasteiger partial charge is 0.261 e. The van der Waals surface area contributed by atoms with Crippen molar-refractivity contribution in [3.63, 3.8) is 0 Å². The van der Waals surface area contributed by atoms with Crippen LogP contribution in [0.5, 0.6) is 0 Å². The van der Waals surface area contributed by atoms with Gasteiger partial charge in [-0.05, 0) is 12.1 Å². The van der Waals surface area contributed by atoms with Crippen molar-refractivity contribution < 1.29 is 0 Å². The number of hydrogen-bond donors (Lipinski definition) is 0. The molecule has 5 heteroatoms. The van der Waals surface area contributed by atoms with Gasteiger partial charge in [-0.1, -0.05) is 35.3 Å². The van der Waals surface area contributed by atoms with Crippen LogP contribution in [-0.2, 0) is 7.05 Å². The highest BCUT2D eigenvalue weighted by molar-refractivity contribution is 6.43. The summed E-state index contributed by atoms with van der Waals surface area (Å²) in [6, 6.07) is 7.10. The number of alkyl halides is 2. The highest BCUT2D eigenvalue weighted by Gasteiger charge is 2.12. The summed E-state index contributed by atoms with van der Waals surface area (Å²) in [6.45, 7) is 0. The lowest BCUT2D eigenvalue weighted by molar-refractivity contribution is 0.776. The molecule has 0 unspecified atom stereocenters. The maximum Gasteiger partial charge on any atom is 0.261 e. The molecule has 78 valence electrons. The van der Waals surface area contributed by atoms with Gasteiger partial charge in [-0.2, -0.15) is 0 Å². The van der Waals surface area contributed by atoms with Crippen LogP contribution in [-0.4, -0.2) is 9.55 Å². The molecule has 1 aromatic heterocycles. The Kier molecular flexibility index (Phi) is 2.67. The van der Waals surface area contributed by atoms with Crippen LogP contribution < -0.4 is 5.56 Å². The summed E-state index contributed by atoms with van der Waals surface area (Å²) in [4.78, 5) is 15.3. The maximum absolute atomic E-state index is 11.9. The summed E-state index contributed by atoms with van der Waals surface area (Å²) in [6.07, 6.45) is 0. The van der Waals surface area contributed by atoms with Gasteiger partial charge in [0.1, 0.15) is 5.82 Å². The predicted molar refractivity (Wildman–Crippen MR) is 61.4 cm³/mol. The fraction of sp³-hybridized carbons (Fsp3) is 0.200. The third-order valence-corrected chi connectivity index (χ3v) is 2.60. The third-order valence-electron chi connectivity index (χ3n) is 2.21. The first-order valence-electron chi connectivity index (χ1n) is 4.35. The zero-order valence-corrected chi connectivity index (χ0v) is 9.46. The molecule has 0 aliphatic carbocycles. The van der Waals surface area contributed by atoms with Gasteiger partial charge in [0.15, 0.2) is 4.84 Å². The van der Waals surface area contributed by atoms with Crippen molar-refractivity contribution >= 4 is 34.1 Å². The van der Waals surface area contributed by atoms with Crippen molar-refractivity contribution in [3.05, 3.63) is 40.4 Å². The van der Waals surface area contributed by atoms with Crippen molar-refractivity contribution in [3.8, 4) is 0 Å². The molecular formula is C10H8Cl2N2O. The molecule has 0 atom stereocenters. The summed E-state index contributed by atoms with van der Waals surface area (Å²) >= 11 is 11.4. The molecule has 0 aliphatic heterocycles. The van der Waals surface area contributed by atoms with E-state index in [9.17, 15) is 4.79 Å². The van der Waals surface area contributed by atoms with E-state index in [1.807, 2.05) is 6.07 Å². The van der Waals surface area contributed by atoms with Crippen LogP contribution >= 0.6 is 23.2 Å². The van der Waals surface area contributed by atoms with Crippen LogP contribution in [0.25, 0.3) is 10.9 Å². The molecule has 0 fully saturated rings. The monoisotopic (exact) mass is 242 g/mol. The van der Waals surface area contributed by atoms with Crippen molar-refractivity contribution in [1.29, 1.82) is 0 Å². The van der Waals surface area contributed by atoms with Crippen LogP contribution in [0, 0.1) is 0 Å². The SMILES string of the molecule is Cn1c(C(Cl)Cl)nc2ccccc2c1=O. The second-order valence-corrected chi connectivity index (χ2v) is 4.25. The first-order chi connectivity index (χ1) is 7.11. The van der Waals surface area contributed by atoms with Gasteiger partial charge in [0, 0.05) is 7.05 Å². The standard InChI is InChI=1S/C10H8Cl2N2O/c1-14-9(8(11)12)13-7-5-3-2-4-6(7)10(14)15/h2-5,8H,1H3. The van der Waals surface area contributed by atoms with E-state index >= 15 is 0 Å². The Morgan fingerprint density at radius 1 is 1.33 bits per heavy atom. The summed E-state index contributed by atoms with van der Waals surface area (Å²) < 4.78 is 1.37. The van der Waals surface area contributed by atoms with Gasteiger partial charge >= 0.3 is 0 Å². The highest BCUT2D eigenvalue weighted by Crippen LogP contribution is 2.22. The average molecular weight is 243 g/mol. The zero-order valence-electron chi connectivity index (χ0n) is 7.95. The molecule has 0 N–H and O–H groups in total. The minimum atomic E-state index is -0.799. The molecule has 2 rings (SSSR count). The van der Waals surface area contributed by atoms with Crippen molar-refractivity contribution in [2.24, 2.45) is 7.05 Å². The normalized spacial score (nSPS) is 11.2. The van der Waals surface area contributed by atoms with E-state index < -0.39 is 4.84 Å². The number of hydrogen-bond acceptors (Lipinski definition) is 2.